The summed E-state index contributed by atoms with van der Waals surface area (Å²) < 4.78 is 13.2. The van der Waals surface area contributed by atoms with Gasteiger partial charge in [-0.15, -0.1) is 0 Å². The first-order valence-corrected chi connectivity index (χ1v) is 13.2. The van der Waals surface area contributed by atoms with E-state index in [2.05, 4.69) is 27.4 Å². The molecule has 188 valence electrons. The molecule has 2 N–H and O–H groups in total. The van der Waals surface area contributed by atoms with Crippen LogP contribution in [0.5, 0.6) is 0 Å². The molecule has 5 aliphatic carbocycles. The van der Waals surface area contributed by atoms with Crippen molar-refractivity contribution in [1.29, 1.82) is 0 Å². The number of epoxide rings is 1. The van der Waals surface area contributed by atoms with Crippen LogP contribution in [0.15, 0.2) is 35.1 Å². The van der Waals surface area contributed by atoms with Gasteiger partial charge in [0.2, 0.25) is 5.78 Å². The van der Waals surface area contributed by atoms with Gasteiger partial charge in [-0.3, -0.25) is 9.59 Å². The first-order valence-electron chi connectivity index (χ1n) is 13.2. The van der Waals surface area contributed by atoms with Crippen molar-refractivity contribution in [2.75, 3.05) is 0 Å². The number of hydrogen-bond acceptors (Lipinski definition) is 6. The van der Waals surface area contributed by atoms with Crippen LogP contribution in [0.4, 0.5) is 0 Å². The first-order chi connectivity index (χ1) is 16.3. The van der Waals surface area contributed by atoms with Crippen LogP contribution in [0.1, 0.15) is 66.7 Å². The zero-order chi connectivity index (χ0) is 25.1. The van der Waals surface area contributed by atoms with Crippen molar-refractivity contribution in [2.24, 2.45) is 39.4 Å². The quantitative estimate of drug-likeness (QED) is 0.307. The molecule has 11 atom stereocenters. The van der Waals surface area contributed by atoms with Gasteiger partial charge < -0.3 is 19.7 Å². The molecule has 4 saturated carbocycles. The number of ether oxygens (including phenoxy) is 2. The van der Waals surface area contributed by atoms with Crippen LogP contribution in [0, 0.1) is 39.4 Å². The number of carbonyl (C=O) groups is 2. The Hall–Kier alpha value is -1.92. The second kappa shape index (κ2) is 5.96. The molecule has 0 aromatic carbocycles. The van der Waals surface area contributed by atoms with E-state index in [1.807, 2.05) is 6.92 Å². The largest absolute Gasteiger partial charge is 0.504 e. The van der Waals surface area contributed by atoms with Gasteiger partial charge in [0.05, 0.1) is 17.6 Å². The lowest BCUT2D eigenvalue weighted by atomic mass is 9.32. The van der Waals surface area contributed by atoms with E-state index >= 15 is 0 Å². The smallest absolute Gasteiger partial charge is 0.313 e. The number of aliphatic hydroxyl groups excluding tert-OH is 2. The maximum atomic E-state index is 13.7. The van der Waals surface area contributed by atoms with Gasteiger partial charge in [0.15, 0.2) is 11.4 Å². The Labute approximate surface area is 206 Å². The van der Waals surface area contributed by atoms with E-state index in [0.717, 1.165) is 25.7 Å². The maximum Gasteiger partial charge on any atom is 0.313 e. The van der Waals surface area contributed by atoms with Gasteiger partial charge >= 0.3 is 5.97 Å². The number of fused-ring (bicyclic) bond motifs is 6. The lowest BCUT2D eigenvalue weighted by Crippen LogP contribution is -2.74. The number of rotatable bonds is 0. The van der Waals surface area contributed by atoms with E-state index in [1.54, 1.807) is 13.0 Å². The minimum absolute atomic E-state index is 0.00998. The standard InChI is InChI=1S/C29H36O6/c1-13-7-8-28-10-9-27(6)26(5)12-16(30)18-15(3)19(32)17(31)11-25(18,4)22(26)20-23(34-20)29(27,35-24(28)33)21(28)14(13)2/h11,14,16,20-23,30-31H,1,7-10,12H2,2-6H3. The highest BCUT2D eigenvalue weighted by Crippen LogP contribution is 2.82. The Morgan fingerprint density at radius 2 is 1.83 bits per heavy atom. The maximum absolute atomic E-state index is 13.7. The summed E-state index contributed by atoms with van der Waals surface area (Å²) in [7, 11) is 0. The molecular formula is C29H36O6. The Kier molecular flexibility index (Phi) is 3.80. The van der Waals surface area contributed by atoms with Gasteiger partial charge in [0.1, 0.15) is 6.10 Å². The summed E-state index contributed by atoms with van der Waals surface area (Å²) in [6.45, 7) is 14.8. The van der Waals surface area contributed by atoms with E-state index < -0.39 is 39.1 Å². The molecule has 6 heteroatoms. The highest BCUT2D eigenvalue weighted by molar-refractivity contribution is 6.08. The van der Waals surface area contributed by atoms with Gasteiger partial charge in [0.25, 0.3) is 0 Å². The van der Waals surface area contributed by atoms with Gasteiger partial charge in [-0.1, -0.05) is 39.8 Å². The zero-order valence-corrected chi connectivity index (χ0v) is 21.3. The topological polar surface area (TPSA) is 96.4 Å². The third-order valence-corrected chi connectivity index (χ3v) is 12.5. The molecule has 2 aliphatic heterocycles. The SMILES string of the molecule is C=C1CCC23CCC4(C)C5(C)CC(O)C6=C(C)C(=O)C(O)=CC6(C)C5C5OC5C4(OC2=O)C3C1C. The molecule has 35 heavy (non-hydrogen) atoms. The fourth-order valence-electron chi connectivity index (χ4n) is 10.9. The van der Waals surface area contributed by atoms with Gasteiger partial charge in [-0.05, 0) is 62.0 Å². The average molecular weight is 481 g/mol. The fraction of sp³-hybridized carbons (Fsp3) is 0.724. The number of esters is 1. The first kappa shape index (κ1) is 22.3. The van der Waals surface area contributed by atoms with Crippen molar-refractivity contribution < 1.29 is 29.3 Å². The van der Waals surface area contributed by atoms with Crippen LogP contribution in [0.25, 0.3) is 0 Å². The van der Waals surface area contributed by atoms with Crippen LogP contribution in [0.2, 0.25) is 0 Å². The Morgan fingerprint density at radius 3 is 2.54 bits per heavy atom. The lowest BCUT2D eigenvalue weighted by Gasteiger charge is -2.70. The number of aliphatic hydroxyl groups is 2. The molecule has 2 heterocycles. The van der Waals surface area contributed by atoms with E-state index in [1.165, 1.54) is 5.57 Å². The molecular weight excluding hydrogens is 444 g/mol. The minimum atomic E-state index is -0.818. The molecule has 7 rings (SSSR count). The predicted octanol–water partition coefficient (Wildman–Crippen LogP) is 4.19. The van der Waals surface area contributed by atoms with E-state index in [0.29, 0.717) is 17.6 Å². The van der Waals surface area contributed by atoms with Crippen molar-refractivity contribution in [3.63, 3.8) is 0 Å². The fourth-order valence-corrected chi connectivity index (χ4v) is 10.9. The second-order valence-corrected chi connectivity index (χ2v) is 13.4. The van der Waals surface area contributed by atoms with Crippen molar-refractivity contribution in [1.82, 2.24) is 0 Å². The van der Waals surface area contributed by atoms with E-state index in [4.69, 9.17) is 9.47 Å². The molecule has 7 aliphatic rings. The van der Waals surface area contributed by atoms with Crippen molar-refractivity contribution in [2.45, 2.75) is 90.6 Å². The molecule has 0 aromatic heterocycles. The number of hydrogen-bond donors (Lipinski definition) is 2. The molecule has 2 saturated heterocycles. The highest BCUT2D eigenvalue weighted by atomic mass is 16.6. The monoisotopic (exact) mass is 480 g/mol. The molecule has 6 nitrogen and oxygen atoms in total. The molecule has 6 fully saturated rings. The summed E-state index contributed by atoms with van der Waals surface area (Å²) in [6.07, 6.45) is 4.18. The summed E-state index contributed by atoms with van der Waals surface area (Å²) >= 11 is 0. The number of ketones is 1. The normalized spacial score (nSPS) is 57.9. The molecule has 0 radical (unpaired) electrons. The Bertz CT molecular complexity index is 1200. The van der Waals surface area contributed by atoms with E-state index in [9.17, 15) is 19.8 Å². The predicted molar refractivity (Wildman–Crippen MR) is 127 cm³/mol. The van der Waals surface area contributed by atoms with Crippen LogP contribution >= 0.6 is 0 Å². The summed E-state index contributed by atoms with van der Waals surface area (Å²) in [4.78, 5) is 26.4. The number of carbonyl (C=O) groups excluding carboxylic acids is 2. The Morgan fingerprint density at radius 1 is 1.11 bits per heavy atom. The third kappa shape index (κ3) is 2.01. The third-order valence-electron chi connectivity index (χ3n) is 12.5. The van der Waals surface area contributed by atoms with Crippen LogP contribution in [-0.4, -0.2) is 45.9 Å². The minimum Gasteiger partial charge on any atom is -0.504 e. The van der Waals surface area contributed by atoms with Crippen LogP contribution in [0.3, 0.4) is 0 Å². The lowest BCUT2D eigenvalue weighted by molar-refractivity contribution is -0.248. The molecule has 1 spiro atoms. The average Bonchev–Trinajstić information content (AvgIpc) is 3.52. The molecule has 2 bridgehead atoms. The summed E-state index contributed by atoms with van der Waals surface area (Å²) in [5.41, 5.74) is -0.513. The van der Waals surface area contributed by atoms with Gasteiger partial charge in [-0.2, -0.15) is 0 Å². The van der Waals surface area contributed by atoms with Crippen LogP contribution in [-0.2, 0) is 19.1 Å². The molecule has 0 aromatic rings. The number of Topliss-reactive ketones (excluding diaryl/α,β-unsaturated/α-hetero) is 1. The van der Waals surface area contributed by atoms with Gasteiger partial charge in [0, 0.05) is 28.2 Å². The Balaban J connectivity index is 1.46. The second-order valence-electron chi connectivity index (χ2n) is 13.4. The summed E-state index contributed by atoms with van der Waals surface area (Å²) in [6, 6.07) is 0. The van der Waals surface area contributed by atoms with Crippen molar-refractivity contribution in [3.05, 3.63) is 35.1 Å². The number of allylic oxidation sites excluding steroid dienone is 3. The molecule has 11 unspecified atom stereocenters. The van der Waals surface area contributed by atoms with Crippen molar-refractivity contribution >= 4 is 11.8 Å². The summed E-state index contributed by atoms with van der Waals surface area (Å²) in [5, 5.41) is 22.3. The summed E-state index contributed by atoms with van der Waals surface area (Å²) in [5.74, 6) is -0.628. The highest BCUT2D eigenvalue weighted by Gasteiger charge is 2.89. The van der Waals surface area contributed by atoms with Crippen molar-refractivity contribution in [3.8, 4) is 0 Å². The molecule has 0 amide bonds. The van der Waals surface area contributed by atoms with E-state index in [-0.39, 0.29) is 41.7 Å². The van der Waals surface area contributed by atoms with Crippen LogP contribution < -0.4 is 0 Å². The zero-order valence-electron chi connectivity index (χ0n) is 21.3. The van der Waals surface area contributed by atoms with Gasteiger partial charge in [-0.25, -0.2) is 0 Å².